The summed E-state index contributed by atoms with van der Waals surface area (Å²) in [6, 6.07) is -27.0. The molecule has 0 aliphatic carbocycles. The van der Waals surface area contributed by atoms with Gasteiger partial charge in [-0.3, -0.25) is 9.13 Å². The van der Waals surface area contributed by atoms with E-state index in [2.05, 4.69) is 15.0 Å². The Morgan fingerprint density at radius 1 is 0.320 bits per heavy atom. The Morgan fingerprint density at radius 2 is 0.760 bits per heavy atom. The van der Waals surface area contributed by atoms with Crippen LogP contribution in [0.5, 0.6) is 0 Å². The van der Waals surface area contributed by atoms with Gasteiger partial charge >= 0.3 is 0 Å². The fourth-order valence-corrected chi connectivity index (χ4v) is 5.45. The van der Waals surface area contributed by atoms with Crippen LogP contribution in [-0.4, -0.2) is 24.1 Å². The molecule has 5 nitrogen and oxygen atoms in total. The summed E-state index contributed by atoms with van der Waals surface area (Å²) in [6.07, 6.45) is 0. The van der Waals surface area contributed by atoms with Crippen molar-refractivity contribution in [3.8, 4) is 45.5 Å². The van der Waals surface area contributed by atoms with Gasteiger partial charge < -0.3 is 0 Å². The van der Waals surface area contributed by atoms with E-state index in [1.54, 1.807) is 0 Å². The van der Waals surface area contributed by atoms with Crippen LogP contribution in [0.4, 0.5) is 0 Å². The van der Waals surface area contributed by atoms with Gasteiger partial charge in [-0.15, -0.1) is 0 Å². The molecule has 0 saturated heterocycles. The molecular formula is C45H29N5. The van der Waals surface area contributed by atoms with Gasteiger partial charge in [0.2, 0.25) is 11.9 Å². The molecule has 0 amide bonds. The molecule has 234 valence electrons. The molecule has 0 radical (unpaired) electrons. The second kappa shape index (κ2) is 11.4. The van der Waals surface area contributed by atoms with Gasteiger partial charge in [0, 0.05) is 27.1 Å². The van der Waals surface area contributed by atoms with E-state index in [1.807, 2.05) is 0 Å². The molecule has 0 unspecified atom stereocenters. The van der Waals surface area contributed by atoms with Gasteiger partial charge in [0.25, 0.3) is 0 Å². The maximum absolute atomic E-state index is 9.78. The zero-order valence-electron chi connectivity index (χ0n) is 53.7. The van der Waals surface area contributed by atoms with Crippen molar-refractivity contribution in [3.05, 3.63) is 175 Å². The van der Waals surface area contributed by atoms with Gasteiger partial charge in [-0.25, -0.2) is 0 Å². The number of fused-ring (bicyclic) bond motifs is 6. The first kappa shape index (κ1) is 11.6. The van der Waals surface area contributed by atoms with E-state index in [0.29, 0.717) is 9.13 Å². The number of hydrogen-bond donors (Lipinski definition) is 0. The molecule has 3 heterocycles. The predicted octanol–water partition coefficient (Wildman–Crippen LogP) is 11.1. The molecule has 0 atom stereocenters. The summed E-state index contributed by atoms with van der Waals surface area (Å²) in [5.74, 6) is -2.86. The van der Waals surface area contributed by atoms with Crippen LogP contribution in [0.1, 0.15) is 39.8 Å². The third-order valence-electron chi connectivity index (χ3n) is 7.55. The average molecular weight is 669 g/mol. The Hall–Kier alpha value is -6.85. The molecule has 3 aromatic heterocycles. The summed E-state index contributed by atoms with van der Waals surface area (Å²) in [4.78, 5) is 13.5. The topological polar surface area (TPSA) is 48.5 Å². The lowest BCUT2D eigenvalue weighted by Gasteiger charge is -2.13. The number of hydrogen-bond acceptors (Lipinski definition) is 3. The van der Waals surface area contributed by atoms with Crippen LogP contribution in [0.2, 0.25) is 0 Å². The first-order valence-electron chi connectivity index (χ1n) is 28.9. The predicted molar refractivity (Wildman–Crippen MR) is 205 cm³/mol. The van der Waals surface area contributed by atoms with Crippen LogP contribution in [0.3, 0.4) is 0 Å². The fraction of sp³-hybridized carbons (Fsp3) is 0. The highest BCUT2D eigenvalue weighted by atomic mass is 15.3. The van der Waals surface area contributed by atoms with Crippen LogP contribution < -0.4 is 0 Å². The van der Waals surface area contributed by atoms with Crippen molar-refractivity contribution >= 4 is 43.6 Å². The summed E-state index contributed by atoms with van der Waals surface area (Å²) in [6.45, 7) is 0. The summed E-state index contributed by atoms with van der Waals surface area (Å²) in [5, 5.41) is -2.41. The van der Waals surface area contributed by atoms with Gasteiger partial charge in [0.05, 0.1) is 61.8 Å². The highest BCUT2D eigenvalue weighted by Crippen LogP contribution is 2.37. The Labute approximate surface area is 329 Å². The maximum Gasteiger partial charge on any atom is 0.240 e. The molecule has 50 heavy (non-hydrogen) atoms. The van der Waals surface area contributed by atoms with E-state index < -0.39 is 264 Å². The molecule has 0 aliphatic rings. The van der Waals surface area contributed by atoms with Gasteiger partial charge in [-0.05, 0) is 52.5 Å². The van der Waals surface area contributed by atoms with E-state index in [1.165, 1.54) is 0 Å². The SMILES string of the molecule is [2H]c1c([2H])c([2H])c(-c2nc(-n3c4c([2H])c([2H])c([2H])c([2H])c4c4c([2H])c(-c5c([2H])c([2H])c([2H])c([2H])c5[2H])c([2H])c([2H])c43)nc(-n3c4c([2H])c([2H])c([2H])c([2H])c4c4c([2H])c([2H])c(-c5c([2H])c([2H])c([2H])c([2H])c5[2H])c([2H])c43)n2)c([2H])c1[2H]. The molecule has 7 aromatic carbocycles. The number of aromatic nitrogens is 5. The Morgan fingerprint density at radius 3 is 1.38 bits per heavy atom. The average Bonchev–Trinajstić information content (AvgIpc) is 3.68. The van der Waals surface area contributed by atoms with Crippen LogP contribution in [0.15, 0.2) is 175 Å². The largest absolute Gasteiger partial charge is 0.278 e. The molecule has 10 rings (SSSR count). The van der Waals surface area contributed by atoms with E-state index in [-0.39, 0.29) is 0 Å². The first-order valence-corrected chi connectivity index (χ1v) is 14.4. The maximum atomic E-state index is 9.78. The normalized spacial score (nSPS) is 19.7. The van der Waals surface area contributed by atoms with Gasteiger partial charge in [0.1, 0.15) is 0 Å². The quantitative estimate of drug-likeness (QED) is 0.183. The van der Waals surface area contributed by atoms with E-state index in [4.69, 9.17) is 27.4 Å². The standard InChI is InChI=1S/C45H29N5/c1-4-14-30(15-5-1)33-25-27-41-38(28-33)36-21-11-13-23-40(36)49(41)44-46-43(32-18-8-3-9-19-32)47-45(48-44)50-39-22-12-10-20-35(39)37-26-24-34(29-42(37)50)31-16-6-2-7-17-31/h1-29H/i1D,2D,3D,4D,5D,6D,7D,8D,9D,10D,11D,12D,13D,14D,15D,16D,17D,18D,19D,20D,21D,22D,23D,24D,25D,26D,27D,28D,29D. The molecule has 0 aliphatic heterocycles. The molecule has 0 spiro atoms. The molecule has 10 aromatic rings. The second-order valence-electron chi connectivity index (χ2n) is 10.3. The summed E-state index contributed by atoms with van der Waals surface area (Å²) < 4.78 is 258. The highest BCUT2D eigenvalue weighted by Gasteiger charge is 2.21. The minimum absolute atomic E-state index is 0.579. The van der Waals surface area contributed by atoms with Crippen LogP contribution in [0.25, 0.3) is 89.2 Å². The number of rotatable bonds is 5. The lowest BCUT2D eigenvalue weighted by Crippen LogP contribution is -2.10. The minimum atomic E-state index is -1.01. The van der Waals surface area contributed by atoms with Crippen molar-refractivity contribution in [3.63, 3.8) is 0 Å². The van der Waals surface area contributed by atoms with Gasteiger partial charge in [-0.1, -0.05) is 145 Å². The summed E-state index contributed by atoms with van der Waals surface area (Å²) in [7, 11) is 0. The third-order valence-corrected chi connectivity index (χ3v) is 7.55. The van der Waals surface area contributed by atoms with Crippen LogP contribution in [-0.2, 0) is 0 Å². The fourth-order valence-electron chi connectivity index (χ4n) is 5.45. The van der Waals surface area contributed by atoms with Crippen molar-refractivity contribution in [2.45, 2.75) is 0 Å². The summed E-state index contributed by atoms with van der Waals surface area (Å²) >= 11 is 0. The van der Waals surface area contributed by atoms with Crippen molar-refractivity contribution in [1.29, 1.82) is 0 Å². The molecule has 5 heteroatoms. The van der Waals surface area contributed by atoms with Crippen molar-refractivity contribution in [1.82, 2.24) is 24.1 Å². The summed E-state index contributed by atoms with van der Waals surface area (Å²) in [5.41, 5.74) is -6.68. The Balaban J connectivity index is 1.50. The minimum Gasteiger partial charge on any atom is -0.278 e. The molecule has 0 saturated carbocycles. The molecular weight excluding hydrogens is 611 g/mol. The number of nitrogens with zero attached hydrogens (tertiary/aromatic N) is 5. The molecule has 0 bridgehead atoms. The number of para-hydroxylation sites is 2. The zero-order valence-corrected chi connectivity index (χ0v) is 24.7. The van der Waals surface area contributed by atoms with Crippen molar-refractivity contribution in [2.75, 3.05) is 0 Å². The molecule has 0 fully saturated rings. The van der Waals surface area contributed by atoms with E-state index in [9.17, 15) is 12.3 Å². The zero-order chi connectivity index (χ0) is 58.3. The Kier molecular flexibility index (Phi) is 2.65. The lowest BCUT2D eigenvalue weighted by atomic mass is 10.0. The smallest absolute Gasteiger partial charge is 0.240 e. The van der Waals surface area contributed by atoms with Crippen molar-refractivity contribution in [2.24, 2.45) is 0 Å². The van der Waals surface area contributed by atoms with E-state index in [0.717, 1.165) is 0 Å². The second-order valence-corrected chi connectivity index (χ2v) is 10.3. The molecule has 0 N–H and O–H groups in total. The number of benzene rings is 7. The van der Waals surface area contributed by atoms with Gasteiger partial charge in [-0.2, -0.15) is 15.0 Å². The highest BCUT2D eigenvalue weighted by molar-refractivity contribution is 6.11. The first-order chi connectivity index (χ1) is 36.9. The van der Waals surface area contributed by atoms with Gasteiger partial charge in [0.15, 0.2) is 5.82 Å². The van der Waals surface area contributed by atoms with E-state index >= 15 is 0 Å². The van der Waals surface area contributed by atoms with Crippen LogP contribution >= 0.6 is 0 Å². The monoisotopic (exact) mass is 668 g/mol. The lowest BCUT2D eigenvalue weighted by molar-refractivity contribution is 0.893. The third kappa shape index (κ3) is 4.52. The van der Waals surface area contributed by atoms with Crippen molar-refractivity contribution < 1.29 is 39.8 Å². The Bertz CT molecular complexity index is 4460. The van der Waals surface area contributed by atoms with Crippen LogP contribution in [0, 0.1) is 0 Å².